The van der Waals surface area contributed by atoms with Crippen molar-refractivity contribution in [2.24, 2.45) is 0 Å². The molecule has 3 aromatic rings. The van der Waals surface area contributed by atoms with Crippen molar-refractivity contribution in [3.05, 3.63) is 107 Å². The van der Waals surface area contributed by atoms with E-state index in [4.69, 9.17) is 0 Å². The molecule has 1 heterocycles. The Labute approximate surface area is 187 Å². The lowest BCUT2D eigenvalue weighted by Crippen LogP contribution is -2.51. The molecule has 2 amide bonds. The maximum atomic E-state index is 13.4. The van der Waals surface area contributed by atoms with Crippen LogP contribution in [0, 0.1) is 6.92 Å². The molecule has 1 fully saturated rings. The Balaban J connectivity index is 1.77. The SMILES string of the molecule is Cc1ccc(S(=O)(=O)C2C/C(=C/c3ccccc3)C(=O)N(Cc3ccccc3)C2=O)cc1. The molecular formula is C26H23NO4S. The highest BCUT2D eigenvalue weighted by Gasteiger charge is 2.45. The summed E-state index contributed by atoms with van der Waals surface area (Å²) in [5, 5.41) is -1.36. The first-order valence-corrected chi connectivity index (χ1v) is 11.9. The third kappa shape index (κ3) is 4.41. The van der Waals surface area contributed by atoms with Gasteiger partial charge in [-0.1, -0.05) is 78.4 Å². The number of sulfone groups is 1. The number of hydrogen-bond donors (Lipinski definition) is 0. The van der Waals surface area contributed by atoms with Crippen LogP contribution in [0.3, 0.4) is 0 Å². The van der Waals surface area contributed by atoms with E-state index in [1.165, 1.54) is 12.1 Å². The molecule has 5 nitrogen and oxygen atoms in total. The van der Waals surface area contributed by atoms with E-state index in [9.17, 15) is 18.0 Å². The predicted octanol–water partition coefficient (Wildman–Crippen LogP) is 4.18. The minimum Gasteiger partial charge on any atom is -0.273 e. The molecule has 0 aromatic heterocycles. The molecule has 6 heteroatoms. The van der Waals surface area contributed by atoms with Gasteiger partial charge in [-0.2, -0.15) is 0 Å². The van der Waals surface area contributed by atoms with Crippen LogP contribution in [0.15, 0.2) is 95.4 Å². The fourth-order valence-electron chi connectivity index (χ4n) is 3.74. The summed E-state index contributed by atoms with van der Waals surface area (Å²) in [6.07, 6.45) is 1.51. The lowest BCUT2D eigenvalue weighted by Gasteiger charge is -2.32. The molecule has 32 heavy (non-hydrogen) atoms. The molecule has 0 radical (unpaired) electrons. The Hall–Kier alpha value is -3.51. The maximum absolute atomic E-state index is 13.4. The van der Waals surface area contributed by atoms with Gasteiger partial charge in [0.15, 0.2) is 9.84 Å². The van der Waals surface area contributed by atoms with Crippen LogP contribution in [-0.4, -0.2) is 30.4 Å². The van der Waals surface area contributed by atoms with Gasteiger partial charge in [-0.3, -0.25) is 14.5 Å². The van der Waals surface area contributed by atoms with Crippen molar-refractivity contribution in [1.29, 1.82) is 0 Å². The van der Waals surface area contributed by atoms with Crippen LogP contribution >= 0.6 is 0 Å². The lowest BCUT2D eigenvalue weighted by atomic mass is 9.99. The van der Waals surface area contributed by atoms with Crippen LogP contribution in [-0.2, 0) is 26.0 Å². The van der Waals surface area contributed by atoms with E-state index < -0.39 is 26.9 Å². The van der Waals surface area contributed by atoms with Crippen LogP contribution < -0.4 is 0 Å². The van der Waals surface area contributed by atoms with Gasteiger partial charge in [0.1, 0.15) is 5.25 Å². The minimum absolute atomic E-state index is 0.0184. The molecule has 3 aromatic carbocycles. The number of piperidine rings is 1. The summed E-state index contributed by atoms with van der Waals surface area (Å²) in [7, 11) is -3.99. The van der Waals surface area contributed by atoms with Gasteiger partial charge in [-0.05, 0) is 36.3 Å². The topological polar surface area (TPSA) is 71.5 Å². The molecule has 1 aliphatic heterocycles. The summed E-state index contributed by atoms with van der Waals surface area (Å²) in [4.78, 5) is 27.7. The molecule has 1 saturated heterocycles. The monoisotopic (exact) mass is 445 g/mol. The smallest absolute Gasteiger partial charge is 0.256 e. The number of aryl methyl sites for hydroxylation is 1. The molecule has 0 saturated carbocycles. The highest BCUT2D eigenvalue weighted by molar-refractivity contribution is 7.92. The molecule has 1 atom stereocenters. The number of rotatable bonds is 5. The Kier molecular flexibility index (Phi) is 6.06. The van der Waals surface area contributed by atoms with Gasteiger partial charge in [0, 0.05) is 12.0 Å². The third-order valence-electron chi connectivity index (χ3n) is 5.51. The Morgan fingerprint density at radius 2 is 1.47 bits per heavy atom. The number of hydrogen-bond acceptors (Lipinski definition) is 4. The summed E-state index contributed by atoms with van der Waals surface area (Å²) in [6.45, 7) is 1.88. The normalized spacial score (nSPS) is 18.2. The van der Waals surface area contributed by atoms with Gasteiger partial charge in [0.2, 0.25) is 5.91 Å². The first kappa shape index (κ1) is 21.7. The maximum Gasteiger partial charge on any atom is 0.256 e. The first-order valence-electron chi connectivity index (χ1n) is 10.3. The van der Waals surface area contributed by atoms with E-state index in [1.807, 2.05) is 55.5 Å². The minimum atomic E-state index is -3.99. The average molecular weight is 446 g/mol. The molecule has 0 N–H and O–H groups in total. The highest BCUT2D eigenvalue weighted by atomic mass is 32.2. The van der Waals surface area contributed by atoms with Crippen molar-refractivity contribution >= 4 is 27.7 Å². The highest BCUT2D eigenvalue weighted by Crippen LogP contribution is 2.30. The summed E-state index contributed by atoms with van der Waals surface area (Å²) in [6, 6.07) is 24.7. The Bertz CT molecular complexity index is 1260. The molecule has 0 aliphatic carbocycles. The molecule has 162 valence electrons. The zero-order valence-electron chi connectivity index (χ0n) is 17.6. The molecular weight excluding hydrogens is 422 g/mol. The number of carbonyl (C=O) groups excluding carboxylic acids is 2. The molecule has 4 rings (SSSR count). The van der Waals surface area contributed by atoms with Crippen molar-refractivity contribution in [3.63, 3.8) is 0 Å². The van der Waals surface area contributed by atoms with Crippen molar-refractivity contribution in [2.75, 3.05) is 0 Å². The number of benzene rings is 3. The van der Waals surface area contributed by atoms with E-state index in [1.54, 1.807) is 30.3 Å². The second kappa shape index (κ2) is 8.93. The zero-order valence-corrected chi connectivity index (χ0v) is 18.5. The van der Waals surface area contributed by atoms with Crippen LogP contribution in [0.2, 0.25) is 0 Å². The summed E-state index contributed by atoms with van der Waals surface area (Å²) < 4.78 is 26.9. The third-order valence-corrected chi connectivity index (χ3v) is 7.56. The van der Waals surface area contributed by atoms with Gasteiger partial charge in [-0.25, -0.2) is 8.42 Å². The van der Waals surface area contributed by atoms with E-state index in [0.29, 0.717) is 5.57 Å². The molecule has 1 aliphatic rings. The van der Waals surface area contributed by atoms with E-state index in [2.05, 4.69) is 0 Å². The molecule has 0 bridgehead atoms. The van der Waals surface area contributed by atoms with Gasteiger partial charge in [0.05, 0.1) is 11.4 Å². The van der Waals surface area contributed by atoms with E-state index >= 15 is 0 Å². The second-order valence-electron chi connectivity index (χ2n) is 7.85. The summed E-state index contributed by atoms with van der Waals surface area (Å²) in [5.41, 5.74) is 2.75. The Morgan fingerprint density at radius 1 is 0.875 bits per heavy atom. The largest absolute Gasteiger partial charge is 0.273 e. The van der Waals surface area contributed by atoms with Crippen LogP contribution in [0.1, 0.15) is 23.1 Å². The average Bonchev–Trinajstić information content (AvgIpc) is 2.80. The van der Waals surface area contributed by atoms with E-state index in [0.717, 1.165) is 21.6 Å². The fourth-order valence-corrected chi connectivity index (χ4v) is 5.38. The summed E-state index contributed by atoms with van der Waals surface area (Å²) in [5.74, 6) is -1.15. The number of amides is 2. The second-order valence-corrected chi connectivity index (χ2v) is 9.98. The van der Waals surface area contributed by atoms with Gasteiger partial charge in [-0.15, -0.1) is 0 Å². The number of carbonyl (C=O) groups is 2. The fraction of sp³-hybridized carbons (Fsp3) is 0.154. The Morgan fingerprint density at radius 3 is 2.09 bits per heavy atom. The van der Waals surface area contributed by atoms with Crippen molar-refractivity contribution < 1.29 is 18.0 Å². The van der Waals surface area contributed by atoms with Gasteiger partial charge < -0.3 is 0 Å². The summed E-state index contributed by atoms with van der Waals surface area (Å²) >= 11 is 0. The number of likely N-dealkylation sites (tertiary alicyclic amines) is 1. The zero-order chi connectivity index (χ0) is 22.7. The molecule has 0 spiro atoms. The standard InChI is InChI=1S/C26H23NO4S/c1-19-12-14-23(15-13-19)32(30,31)24-17-22(16-20-8-4-2-5-9-20)25(28)27(26(24)29)18-21-10-6-3-7-11-21/h2-16,24H,17-18H2,1H3/b22-16-. The number of imide groups is 1. The number of nitrogens with zero attached hydrogens (tertiary/aromatic N) is 1. The predicted molar refractivity (Wildman–Crippen MR) is 123 cm³/mol. The molecule has 1 unspecified atom stereocenters. The first-order chi connectivity index (χ1) is 15.4. The quantitative estimate of drug-likeness (QED) is 0.436. The van der Waals surface area contributed by atoms with Crippen LogP contribution in [0.25, 0.3) is 6.08 Å². The van der Waals surface area contributed by atoms with Crippen molar-refractivity contribution in [3.8, 4) is 0 Å². The van der Waals surface area contributed by atoms with Crippen molar-refractivity contribution in [1.82, 2.24) is 4.90 Å². The van der Waals surface area contributed by atoms with Crippen LogP contribution in [0.4, 0.5) is 0 Å². The van der Waals surface area contributed by atoms with Crippen molar-refractivity contribution in [2.45, 2.75) is 30.0 Å². The van der Waals surface area contributed by atoms with Crippen LogP contribution in [0.5, 0.6) is 0 Å². The van der Waals surface area contributed by atoms with Gasteiger partial charge in [0.25, 0.3) is 5.91 Å². The van der Waals surface area contributed by atoms with Gasteiger partial charge >= 0.3 is 0 Å². The van der Waals surface area contributed by atoms with E-state index in [-0.39, 0.29) is 17.9 Å². The lowest BCUT2D eigenvalue weighted by molar-refractivity contribution is -0.145.